The van der Waals surface area contributed by atoms with Crippen LogP contribution in [0.4, 0.5) is 24.5 Å². The molecule has 2 aromatic rings. The maximum absolute atomic E-state index is 13.2. The Labute approximate surface area is 185 Å². The monoisotopic (exact) mass is 474 g/mol. The fourth-order valence-corrected chi connectivity index (χ4v) is 3.54. The highest BCUT2D eigenvalue weighted by atomic mass is 35.5. The van der Waals surface area contributed by atoms with Crippen LogP contribution in [0.5, 0.6) is 0 Å². The van der Waals surface area contributed by atoms with Gasteiger partial charge in [0.2, 0.25) is 11.8 Å². The molecule has 0 aliphatic carbocycles. The lowest BCUT2D eigenvalue weighted by atomic mass is 10.1. The average molecular weight is 475 g/mol. The van der Waals surface area contributed by atoms with Crippen molar-refractivity contribution < 1.29 is 32.7 Å². The molecule has 166 valence electrons. The number of nitrogens with one attached hydrogen (secondary N) is 2. The van der Waals surface area contributed by atoms with Crippen molar-refractivity contribution in [2.24, 2.45) is 0 Å². The lowest BCUT2D eigenvalue weighted by Crippen LogP contribution is -2.24. The van der Waals surface area contributed by atoms with Gasteiger partial charge in [-0.05, 0) is 43.3 Å². The topological polar surface area (TPSA) is 95.5 Å². The minimum atomic E-state index is -4.68. The summed E-state index contributed by atoms with van der Waals surface area (Å²) >= 11 is 6.72. The van der Waals surface area contributed by atoms with E-state index < -0.39 is 40.5 Å². The zero-order chi connectivity index (χ0) is 23.2. The number of carbonyl (C=O) groups is 3. The average Bonchev–Trinajstić information content (AvgIpc) is 2.67. The number of hydrogen-bond acceptors (Lipinski definition) is 4. The second kappa shape index (κ2) is 10.5. The largest absolute Gasteiger partial charge is 0.481 e. The van der Waals surface area contributed by atoms with E-state index in [1.54, 1.807) is 24.3 Å². The minimum Gasteiger partial charge on any atom is -0.481 e. The molecule has 1 atom stereocenters. The van der Waals surface area contributed by atoms with Crippen molar-refractivity contribution in [1.82, 2.24) is 0 Å². The molecule has 0 aliphatic heterocycles. The molecule has 0 fully saturated rings. The molecule has 0 aliphatic rings. The Hall–Kier alpha value is -2.72. The van der Waals surface area contributed by atoms with Crippen LogP contribution in [0.1, 0.15) is 25.3 Å². The van der Waals surface area contributed by atoms with E-state index >= 15 is 0 Å². The molecule has 0 heterocycles. The van der Waals surface area contributed by atoms with E-state index in [-0.39, 0.29) is 17.9 Å². The second-order valence-electron chi connectivity index (χ2n) is 6.41. The maximum Gasteiger partial charge on any atom is 0.418 e. The zero-order valence-electron chi connectivity index (χ0n) is 16.1. The summed E-state index contributed by atoms with van der Waals surface area (Å²) in [4.78, 5) is 35.3. The molecular weight excluding hydrogens is 457 g/mol. The van der Waals surface area contributed by atoms with E-state index in [9.17, 15) is 27.6 Å². The molecule has 0 bridgehead atoms. The number of aliphatic carboxylic acids is 1. The van der Waals surface area contributed by atoms with Crippen molar-refractivity contribution in [3.8, 4) is 0 Å². The van der Waals surface area contributed by atoms with E-state index in [1.807, 2.05) is 0 Å². The Morgan fingerprint density at radius 1 is 1.10 bits per heavy atom. The van der Waals surface area contributed by atoms with Crippen LogP contribution in [-0.2, 0) is 20.6 Å². The highest BCUT2D eigenvalue weighted by Crippen LogP contribution is 2.37. The quantitative estimate of drug-likeness (QED) is 0.452. The van der Waals surface area contributed by atoms with Crippen LogP contribution in [0.15, 0.2) is 47.4 Å². The molecule has 2 amide bonds. The van der Waals surface area contributed by atoms with E-state index in [2.05, 4.69) is 10.6 Å². The standard InChI is InChI=1S/C20H18ClF3N2O4S/c1-11(19(30)26-16-6-5-12(21)9-15(16)20(22,23)24)31-14-4-2-3-13(10-14)25-17(27)7-8-18(28)29/h2-6,9-11H,7-8H2,1H3,(H,25,27)(H,26,30)(H,28,29). The van der Waals surface area contributed by atoms with Crippen LogP contribution in [-0.4, -0.2) is 28.1 Å². The van der Waals surface area contributed by atoms with E-state index in [0.717, 1.165) is 23.9 Å². The highest BCUT2D eigenvalue weighted by molar-refractivity contribution is 8.00. The first kappa shape index (κ1) is 24.5. The zero-order valence-corrected chi connectivity index (χ0v) is 17.7. The number of alkyl halides is 3. The summed E-state index contributed by atoms with van der Waals surface area (Å²) < 4.78 is 39.6. The van der Waals surface area contributed by atoms with Gasteiger partial charge < -0.3 is 15.7 Å². The van der Waals surface area contributed by atoms with Crippen LogP contribution >= 0.6 is 23.4 Å². The van der Waals surface area contributed by atoms with Gasteiger partial charge in [0.05, 0.1) is 22.9 Å². The molecule has 11 heteroatoms. The number of amides is 2. The summed E-state index contributed by atoms with van der Waals surface area (Å²) in [6.45, 7) is 1.53. The molecule has 31 heavy (non-hydrogen) atoms. The highest BCUT2D eigenvalue weighted by Gasteiger charge is 2.34. The van der Waals surface area contributed by atoms with E-state index in [1.165, 1.54) is 13.0 Å². The van der Waals surface area contributed by atoms with Gasteiger partial charge in [0.1, 0.15) is 0 Å². The Kier molecular flexibility index (Phi) is 8.35. The first-order valence-electron chi connectivity index (χ1n) is 8.91. The number of halogens is 4. The van der Waals surface area contributed by atoms with Gasteiger partial charge in [-0.15, -0.1) is 11.8 Å². The van der Waals surface area contributed by atoms with Crippen LogP contribution in [0.3, 0.4) is 0 Å². The summed E-state index contributed by atoms with van der Waals surface area (Å²) in [7, 11) is 0. The smallest absolute Gasteiger partial charge is 0.418 e. The molecule has 0 saturated heterocycles. The van der Waals surface area contributed by atoms with Gasteiger partial charge in [0.15, 0.2) is 0 Å². The Morgan fingerprint density at radius 3 is 2.45 bits per heavy atom. The molecule has 0 saturated carbocycles. The van der Waals surface area contributed by atoms with Crippen molar-refractivity contribution in [3.63, 3.8) is 0 Å². The fraction of sp³-hybridized carbons (Fsp3) is 0.250. The van der Waals surface area contributed by atoms with Gasteiger partial charge in [-0.25, -0.2) is 0 Å². The number of rotatable bonds is 8. The lowest BCUT2D eigenvalue weighted by molar-refractivity contribution is -0.138. The van der Waals surface area contributed by atoms with Crippen molar-refractivity contribution >= 4 is 52.5 Å². The molecule has 2 aromatic carbocycles. The first-order chi connectivity index (χ1) is 14.5. The summed E-state index contributed by atoms with van der Waals surface area (Å²) in [5, 5.41) is 12.6. The van der Waals surface area contributed by atoms with E-state index in [0.29, 0.717) is 10.6 Å². The third-order valence-corrected chi connectivity index (χ3v) is 5.24. The predicted octanol–water partition coefficient (Wildman–Crippen LogP) is 5.28. The Morgan fingerprint density at radius 2 is 1.81 bits per heavy atom. The summed E-state index contributed by atoms with van der Waals surface area (Å²) in [5.74, 6) is -2.21. The number of thioether (sulfide) groups is 1. The third kappa shape index (κ3) is 7.80. The van der Waals surface area contributed by atoms with Gasteiger partial charge in [0.25, 0.3) is 0 Å². The number of benzene rings is 2. The normalized spacial score (nSPS) is 12.2. The van der Waals surface area contributed by atoms with Crippen molar-refractivity contribution in [3.05, 3.63) is 53.1 Å². The molecule has 2 rings (SSSR count). The van der Waals surface area contributed by atoms with Crippen molar-refractivity contribution in [1.29, 1.82) is 0 Å². The first-order valence-corrected chi connectivity index (χ1v) is 10.2. The number of anilines is 2. The van der Waals surface area contributed by atoms with Gasteiger partial charge in [-0.1, -0.05) is 17.7 Å². The molecule has 3 N–H and O–H groups in total. The van der Waals surface area contributed by atoms with Gasteiger partial charge >= 0.3 is 12.1 Å². The molecule has 0 spiro atoms. The summed E-state index contributed by atoms with van der Waals surface area (Å²) in [6.07, 6.45) is -5.17. The summed E-state index contributed by atoms with van der Waals surface area (Å²) in [5.41, 5.74) is -1.03. The molecule has 0 radical (unpaired) electrons. The number of carboxylic acids is 1. The van der Waals surface area contributed by atoms with Gasteiger partial charge in [-0.3, -0.25) is 14.4 Å². The molecule has 1 unspecified atom stereocenters. The molecule has 6 nitrogen and oxygen atoms in total. The second-order valence-corrected chi connectivity index (χ2v) is 8.26. The van der Waals surface area contributed by atoms with Crippen LogP contribution in [0.25, 0.3) is 0 Å². The third-order valence-electron chi connectivity index (χ3n) is 3.91. The predicted molar refractivity (Wildman–Crippen MR) is 112 cm³/mol. The van der Waals surface area contributed by atoms with Crippen LogP contribution in [0.2, 0.25) is 5.02 Å². The SMILES string of the molecule is CC(Sc1cccc(NC(=O)CCC(=O)O)c1)C(=O)Nc1ccc(Cl)cc1C(F)(F)F. The number of hydrogen-bond donors (Lipinski definition) is 3. The number of carboxylic acid groups (broad SMARTS) is 1. The van der Waals surface area contributed by atoms with Crippen molar-refractivity contribution in [2.75, 3.05) is 10.6 Å². The van der Waals surface area contributed by atoms with Crippen LogP contribution in [0, 0.1) is 0 Å². The lowest BCUT2D eigenvalue weighted by Gasteiger charge is -2.17. The van der Waals surface area contributed by atoms with Gasteiger partial charge in [-0.2, -0.15) is 13.2 Å². The maximum atomic E-state index is 13.2. The Bertz CT molecular complexity index is 985. The Balaban J connectivity index is 2.04. The minimum absolute atomic E-state index is 0.102. The summed E-state index contributed by atoms with van der Waals surface area (Å²) in [6, 6.07) is 9.55. The molecule has 0 aromatic heterocycles. The van der Waals surface area contributed by atoms with Crippen molar-refractivity contribution in [2.45, 2.75) is 36.1 Å². The molecular formula is C20H18ClF3N2O4S. The fourth-order valence-electron chi connectivity index (χ4n) is 2.44. The van der Waals surface area contributed by atoms with Gasteiger partial charge in [0, 0.05) is 22.0 Å². The van der Waals surface area contributed by atoms with E-state index in [4.69, 9.17) is 16.7 Å². The van der Waals surface area contributed by atoms with Crippen LogP contribution < -0.4 is 10.6 Å². The number of carbonyl (C=O) groups excluding carboxylic acids is 2.